The molecule has 0 aliphatic carbocycles. The van der Waals surface area contributed by atoms with Gasteiger partial charge < -0.3 is 35.3 Å². The number of carboxylic acid groups (broad SMARTS) is 1. The molecule has 1 aromatic carbocycles. The van der Waals surface area contributed by atoms with Gasteiger partial charge in [0.25, 0.3) is 5.91 Å². The smallest absolute Gasteiger partial charge is 0.347 e. The van der Waals surface area contributed by atoms with E-state index in [1.54, 1.807) is 9.80 Å². The number of β-lactam (4-membered cyclic amide) rings is 1. The van der Waals surface area contributed by atoms with Crippen LogP contribution in [-0.4, -0.2) is 140 Å². The molecule has 2 aromatic heterocycles. The number of oxime groups is 1. The molecule has 4 aliphatic rings. The number of tetrazole rings is 1. The van der Waals surface area contributed by atoms with Crippen LogP contribution >= 0.6 is 23.1 Å². The van der Waals surface area contributed by atoms with Crippen molar-refractivity contribution >= 4 is 63.2 Å². The number of Topliss-reactive ketones (excluding diaryl/α,β-unsaturated/α-hetero) is 1. The number of hydrogen-bond acceptors (Lipinski definition) is 15. The van der Waals surface area contributed by atoms with Crippen molar-refractivity contribution in [2.24, 2.45) is 11.1 Å². The van der Waals surface area contributed by atoms with E-state index in [1.165, 1.54) is 24.1 Å². The number of carbonyl (C=O) groups excluding carboxylic acids is 3. The van der Waals surface area contributed by atoms with Crippen LogP contribution in [0.4, 0.5) is 9.52 Å². The van der Waals surface area contributed by atoms with Crippen molar-refractivity contribution < 1.29 is 48.2 Å². The van der Waals surface area contributed by atoms with Crippen molar-refractivity contribution in [3.05, 3.63) is 46.0 Å². The van der Waals surface area contributed by atoms with E-state index in [1.807, 2.05) is 0 Å². The lowest BCUT2D eigenvalue weighted by atomic mass is 9.89. The zero-order valence-corrected chi connectivity index (χ0v) is 29.3. The predicted molar refractivity (Wildman–Crippen MR) is 182 cm³/mol. The monoisotopic (exact) mass is 757 g/mol. The summed E-state index contributed by atoms with van der Waals surface area (Å²) in [5.41, 5.74) is 7.05. The molecule has 7 rings (SSSR count). The molecule has 274 valence electrons. The van der Waals surface area contributed by atoms with E-state index in [0.29, 0.717) is 42.1 Å². The Morgan fingerprint density at radius 2 is 2.08 bits per heavy atom. The molecule has 52 heavy (non-hydrogen) atoms. The second-order valence-corrected chi connectivity index (χ2v) is 15.1. The fraction of sp³-hybridized carbons (Fsp3) is 0.452. The second kappa shape index (κ2) is 13.8. The van der Waals surface area contributed by atoms with Crippen molar-refractivity contribution in [1.82, 2.24) is 35.4 Å². The van der Waals surface area contributed by atoms with E-state index in [9.17, 15) is 38.9 Å². The number of carboxylic acids is 1. The Kier molecular flexibility index (Phi) is 9.34. The lowest BCUT2D eigenvalue weighted by Crippen LogP contribution is -2.65. The average molecular weight is 758 g/mol. The van der Waals surface area contributed by atoms with Gasteiger partial charge in [0, 0.05) is 41.5 Å². The number of aliphatic carboxylic acids is 1. The van der Waals surface area contributed by atoms with E-state index in [2.05, 4.69) is 30.8 Å². The largest absolute Gasteiger partial charge is 0.504 e. The Hall–Kier alpha value is -5.15. The molecule has 21 heteroatoms. The van der Waals surface area contributed by atoms with E-state index >= 15 is 0 Å². The predicted octanol–water partition coefficient (Wildman–Crippen LogP) is 1.02. The summed E-state index contributed by atoms with van der Waals surface area (Å²) in [6, 6.07) is 2.03. The number of phenols is 2. The maximum Gasteiger partial charge on any atom is 0.347 e. The number of nitrogens with one attached hydrogen (secondary N) is 1. The molecule has 18 nitrogen and oxygen atoms in total. The highest BCUT2D eigenvalue weighted by molar-refractivity contribution is 8.00. The van der Waals surface area contributed by atoms with Gasteiger partial charge in [-0.25, -0.2) is 14.2 Å². The number of quaternary nitrogens is 1. The van der Waals surface area contributed by atoms with Crippen molar-refractivity contribution in [2.75, 3.05) is 44.2 Å². The van der Waals surface area contributed by atoms with E-state index in [4.69, 9.17) is 10.6 Å². The third-order valence-electron chi connectivity index (χ3n) is 10.0. The molecular weight excluding hydrogens is 724 g/mol. The number of benzene rings is 1. The molecule has 4 aliphatic heterocycles. The van der Waals surface area contributed by atoms with Crippen LogP contribution in [-0.2, 0) is 19.2 Å². The average Bonchev–Trinajstić information content (AvgIpc) is 3.90. The number of nitrogens with two attached hydrogens (primary N) is 1. The number of H-pyrrole nitrogens is 1. The number of amides is 2. The molecule has 3 saturated heterocycles. The fourth-order valence-corrected chi connectivity index (χ4v) is 9.34. The highest BCUT2D eigenvalue weighted by Gasteiger charge is 2.55. The summed E-state index contributed by atoms with van der Waals surface area (Å²) in [7, 11) is 0. The number of halogens is 1. The molecule has 0 radical (unpaired) electrons. The molecule has 1 unspecified atom stereocenters. The summed E-state index contributed by atoms with van der Waals surface area (Å²) in [6.07, 6.45) is 0.184. The normalized spacial score (nSPS) is 25.0. The molecule has 3 aromatic rings. The number of thioether (sulfide) groups is 1. The van der Waals surface area contributed by atoms with Crippen LogP contribution in [0.5, 0.6) is 11.5 Å². The molecule has 6 N–H and O–H groups in total. The number of nitrogens with zero attached hydrogens (tertiary/aromatic N) is 8. The number of thiazole rings is 1. The molecule has 0 bridgehead atoms. The number of fused-ring (bicyclic) bond motifs is 2. The van der Waals surface area contributed by atoms with Crippen LogP contribution in [0, 0.1) is 11.7 Å². The van der Waals surface area contributed by atoms with Gasteiger partial charge in [-0.05, 0) is 24.3 Å². The fourth-order valence-electron chi connectivity index (χ4n) is 7.39. The third kappa shape index (κ3) is 6.32. The van der Waals surface area contributed by atoms with Gasteiger partial charge >= 0.3 is 5.97 Å². The van der Waals surface area contributed by atoms with Crippen LogP contribution in [0.15, 0.2) is 28.2 Å². The zero-order chi connectivity index (χ0) is 36.9. The summed E-state index contributed by atoms with van der Waals surface area (Å²) in [5, 5.41) is 48.4. The van der Waals surface area contributed by atoms with Gasteiger partial charge in [-0.3, -0.25) is 19.3 Å². The van der Waals surface area contributed by atoms with Gasteiger partial charge in [0.2, 0.25) is 17.8 Å². The number of carbonyl (C=O) groups is 4. The van der Waals surface area contributed by atoms with Crippen molar-refractivity contribution in [3.8, 4) is 11.5 Å². The van der Waals surface area contributed by atoms with E-state index < -0.39 is 52.4 Å². The van der Waals surface area contributed by atoms with Crippen molar-refractivity contribution in [2.45, 2.75) is 43.7 Å². The summed E-state index contributed by atoms with van der Waals surface area (Å²) >= 11 is 2.58. The standard InChI is InChI=1S/C31H33FN10O8S2/c1-14(30(48)49)50-37-23(20-13-52-31(33)34-20)21(43)9-18-28(47)41-24(26-35-38-39-36-26)16(12-51-29(18)41)11-42-5-2-3-17(42)10-40(4-6-42)27(46)15-7-19(32)25(45)22(44)8-15/h7-8,13-14,17-18,29H,2-6,9-12H2,1H3,(H5-,33,34,35,36,37,38,39,43,44,45,46,48,49)/p+1/t14-,17-,18+,29+,42?/m0/s1. The number of rotatable bonds is 11. The van der Waals surface area contributed by atoms with Crippen LogP contribution in [0.25, 0.3) is 5.70 Å². The topological polar surface area (TPSA) is 250 Å². The van der Waals surface area contributed by atoms with Crippen LogP contribution in [0.1, 0.15) is 48.1 Å². The van der Waals surface area contributed by atoms with E-state index in [0.717, 1.165) is 48.4 Å². The number of ketones is 1. The number of hydrogen-bond donors (Lipinski definition) is 5. The van der Waals surface area contributed by atoms with Gasteiger partial charge in [-0.2, -0.15) is 5.21 Å². The van der Waals surface area contributed by atoms with Gasteiger partial charge in [-0.1, -0.05) is 5.16 Å². The zero-order valence-electron chi connectivity index (χ0n) is 27.6. The first-order valence-electron chi connectivity index (χ1n) is 16.3. The molecule has 5 atom stereocenters. The Bertz CT molecular complexity index is 1980. The van der Waals surface area contributed by atoms with E-state index in [-0.39, 0.29) is 46.3 Å². The molecule has 6 heterocycles. The summed E-state index contributed by atoms with van der Waals surface area (Å²) < 4.78 is 14.8. The first-order valence-corrected chi connectivity index (χ1v) is 18.3. The van der Waals surface area contributed by atoms with Gasteiger partial charge in [-0.15, -0.1) is 33.3 Å². The van der Waals surface area contributed by atoms with Crippen LogP contribution in [0.3, 0.4) is 0 Å². The van der Waals surface area contributed by atoms with Crippen molar-refractivity contribution in [3.63, 3.8) is 0 Å². The Morgan fingerprint density at radius 1 is 1.27 bits per heavy atom. The minimum atomic E-state index is -1.34. The highest BCUT2D eigenvalue weighted by Crippen LogP contribution is 2.49. The second-order valence-electron chi connectivity index (χ2n) is 13.1. The lowest BCUT2D eigenvalue weighted by Gasteiger charge is -2.52. The van der Waals surface area contributed by atoms with Gasteiger partial charge in [0.1, 0.15) is 18.3 Å². The number of aromatic amines is 1. The lowest BCUT2D eigenvalue weighted by molar-refractivity contribution is -0.938. The summed E-state index contributed by atoms with van der Waals surface area (Å²) in [6.45, 7) is 4.03. The molecule has 2 amide bonds. The molecule has 0 saturated carbocycles. The van der Waals surface area contributed by atoms with Crippen molar-refractivity contribution in [1.29, 1.82) is 0 Å². The molecular formula is C31H34FN10O8S2+. The maximum atomic E-state index is 14.1. The molecule has 0 spiro atoms. The van der Waals surface area contributed by atoms with Gasteiger partial charge in [0.05, 0.1) is 43.2 Å². The number of anilines is 1. The van der Waals surface area contributed by atoms with Gasteiger partial charge in [0.15, 0.2) is 33.9 Å². The number of phenolic OH excluding ortho intramolecular Hbond substituents is 2. The quantitative estimate of drug-likeness (QED) is 0.0603. The molecule has 3 fully saturated rings. The first-order chi connectivity index (χ1) is 24.9. The highest BCUT2D eigenvalue weighted by atomic mass is 32.2. The number of aromatic hydroxyl groups is 2. The third-order valence-corrected chi connectivity index (χ3v) is 12.1. The van der Waals surface area contributed by atoms with Crippen LogP contribution in [0.2, 0.25) is 0 Å². The Labute approximate surface area is 302 Å². The van der Waals surface area contributed by atoms with Crippen LogP contribution < -0.4 is 5.73 Å². The number of piperazine rings is 1. The minimum Gasteiger partial charge on any atom is -0.504 e. The number of aromatic nitrogens is 5. The number of nitrogen functional groups attached to an aromatic ring is 1. The minimum absolute atomic E-state index is 0.0518. The summed E-state index contributed by atoms with van der Waals surface area (Å²) in [4.78, 5) is 64.5. The Morgan fingerprint density at radius 3 is 2.77 bits per heavy atom. The summed E-state index contributed by atoms with van der Waals surface area (Å²) in [5.74, 6) is -5.27. The SMILES string of the molecule is C[C@H](O/N=C(\C(=O)C[C@@H]1C(=O)N2C(c3nn[nH]n3)=C(C[N+]34CCC[C@H]3CN(C(=O)c3cc(O)c(O)c(F)c3)CC4)CS[C@H]12)c1csc(N)n1)C(=O)O. The maximum absolute atomic E-state index is 14.1. The Balaban J connectivity index is 1.10. The first kappa shape index (κ1) is 35.3.